The zero-order valence-electron chi connectivity index (χ0n) is 16.6. The van der Waals surface area contributed by atoms with E-state index in [9.17, 15) is 9.59 Å². The zero-order chi connectivity index (χ0) is 20.5. The van der Waals surface area contributed by atoms with E-state index in [1.807, 2.05) is 61.0 Å². The normalized spacial score (nSPS) is 15.2. The van der Waals surface area contributed by atoms with Gasteiger partial charge in [0.25, 0.3) is 11.8 Å². The maximum Gasteiger partial charge on any atom is 0.294 e. The number of aryl methyl sites for hydroxylation is 2. The van der Waals surface area contributed by atoms with Gasteiger partial charge in [-0.05, 0) is 43.2 Å². The van der Waals surface area contributed by atoms with Gasteiger partial charge in [-0.3, -0.25) is 14.5 Å². The molecule has 1 unspecified atom stereocenters. The molecule has 30 heavy (non-hydrogen) atoms. The van der Waals surface area contributed by atoms with E-state index < -0.39 is 6.04 Å². The van der Waals surface area contributed by atoms with Gasteiger partial charge in [0.05, 0.1) is 0 Å². The van der Waals surface area contributed by atoms with Crippen molar-refractivity contribution in [2.45, 2.75) is 26.4 Å². The highest BCUT2D eigenvalue weighted by molar-refractivity contribution is 6.31. The molecule has 0 spiro atoms. The van der Waals surface area contributed by atoms with Crippen molar-refractivity contribution in [1.29, 1.82) is 0 Å². The molecule has 5 nitrogen and oxygen atoms in total. The highest BCUT2D eigenvalue weighted by Gasteiger charge is 2.43. The molecule has 0 bridgehead atoms. The van der Waals surface area contributed by atoms with Crippen LogP contribution in [0.3, 0.4) is 0 Å². The highest BCUT2D eigenvalue weighted by atomic mass is 127. The van der Waals surface area contributed by atoms with Crippen LogP contribution in [0.5, 0.6) is 0 Å². The van der Waals surface area contributed by atoms with Crippen molar-refractivity contribution in [3.05, 3.63) is 88.7 Å². The van der Waals surface area contributed by atoms with E-state index in [1.54, 1.807) is 24.3 Å². The fraction of sp³-hybridized carbons (Fsp3) is 0.174. The van der Waals surface area contributed by atoms with Crippen LogP contribution in [0, 0.1) is 13.8 Å². The number of pyridine rings is 1. The Balaban J connectivity index is 0.00000256. The lowest BCUT2D eigenvalue weighted by molar-refractivity contribution is -0.695. The fourth-order valence-electron chi connectivity index (χ4n) is 3.75. The molecule has 2 aromatic carbocycles. The molecule has 0 saturated heterocycles. The zero-order valence-corrected chi connectivity index (χ0v) is 19.5. The Hall–Kier alpha value is -2.45. The highest BCUT2D eigenvalue weighted by Crippen LogP contribution is 2.32. The first-order chi connectivity index (χ1) is 14.0. The Kier molecular flexibility index (Phi) is 6.77. The molecule has 2 amide bonds. The number of hydrogen-bond acceptors (Lipinski definition) is 2. The third-order valence-electron chi connectivity index (χ3n) is 5.15. The van der Waals surface area contributed by atoms with Gasteiger partial charge in [-0.2, -0.15) is 4.57 Å². The first-order valence-electron chi connectivity index (χ1n) is 9.39. The maximum absolute atomic E-state index is 13.5. The van der Waals surface area contributed by atoms with Crippen LogP contribution in [0.4, 0.5) is 11.4 Å². The molecular weight excluding hydrogens is 513 g/mol. The van der Waals surface area contributed by atoms with Gasteiger partial charge < -0.3 is 29.3 Å². The minimum Gasteiger partial charge on any atom is -1.00 e. The Bertz CT molecular complexity index is 1100. The van der Waals surface area contributed by atoms with Crippen molar-refractivity contribution in [2.75, 3.05) is 10.2 Å². The van der Waals surface area contributed by atoms with E-state index >= 15 is 0 Å². The molecule has 0 fully saturated rings. The number of hydrogen-bond donors (Lipinski definition) is 1. The summed E-state index contributed by atoms with van der Waals surface area (Å²) in [5, 5.41) is 3.55. The predicted molar refractivity (Wildman–Crippen MR) is 113 cm³/mol. The second-order valence-electron chi connectivity index (χ2n) is 7.16. The Labute approximate surface area is 197 Å². The minimum absolute atomic E-state index is 0. The van der Waals surface area contributed by atoms with Crippen LogP contribution < -0.4 is 38.8 Å². The standard InChI is InChI=1S/C23H20ClN3O2.HI/c1-15-7-5-8-16(2)21(15)25-23(29)22-19-11-3-4-12-26(19)14-20(28)27(22)18-10-6-9-17(24)13-18;/h3-13,22H,14H2,1-2H3;1H. The third kappa shape index (κ3) is 4.20. The number of anilines is 2. The molecule has 1 N–H and O–H groups in total. The summed E-state index contributed by atoms with van der Waals surface area (Å²) in [4.78, 5) is 28.1. The summed E-state index contributed by atoms with van der Waals surface area (Å²) in [6.07, 6.45) is 1.82. The van der Waals surface area contributed by atoms with Gasteiger partial charge in [-0.1, -0.05) is 41.9 Å². The molecule has 0 radical (unpaired) electrons. The van der Waals surface area contributed by atoms with Crippen molar-refractivity contribution < 1.29 is 38.1 Å². The van der Waals surface area contributed by atoms with E-state index in [0.717, 1.165) is 22.5 Å². The van der Waals surface area contributed by atoms with Gasteiger partial charge in [0.15, 0.2) is 6.20 Å². The third-order valence-corrected chi connectivity index (χ3v) is 5.39. The fourth-order valence-corrected chi connectivity index (χ4v) is 3.94. The van der Waals surface area contributed by atoms with Crippen LogP contribution in [0.1, 0.15) is 22.9 Å². The number of halogens is 2. The average Bonchev–Trinajstić information content (AvgIpc) is 2.69. The van der Waals surface area contributed by atoms with Gasteiger partial charge in [0.1, 0.15) is 0 Å². The molecule has 1 aliphatic rings. The Morgan fingerprint density at radius 1 is 1.07 bits per heavy atom. The van der Waals surface area contributed by atoms with Gasteiger partial charge in [0, 0.05) is 28.5 Å². The number of aromatic nitrogens is 1. The van der Waals surface area contributed by atoms with Crippen LogP contribution >= 0.6 is 11.6 Å². The van der Waals surface area contributed by atoms with Crippen LogP contribution in [0.15, 0.2) is 66.9 Å². The lowest BCUT2D eigenvalue weighted by Gasteiger charge is -2.32. The van der Waals surface area contributed by atoms with E-state index in [4.69, 9.17) is 11.6 Å². The first kappa shape index (κ1) is 22.2. The minimum atomic E-state index is -0.810. The van der Waals surface area contributed by atoms with E-state index in [2.05, 4.69) is 5.32 Å². The number of fused-ring (bicyclic) bond motifs is 1. The predicted octanol–water partition coefficient (Wildman–Crippen LogP) is 0.975. The second-order valence-corrected chi connectivity index (χ2v) is 7.59. The summed E-state index contributed by atoms with van der Waals surface area (Å²) >= 11 is 6.17. The summed E-state index contributed by atoms with van der Waals surface area (Å²) in [6, 6.07) is 17.7. The topological polar surface area (TPSA) is 53.3 Å². The molecular formula is C23H21ClIN3O2. The largest absolute Gasteiger partial charge is 1.00 e. The number of benzene rings is 2. The number of carbonyl (C=O) groups excluding carboxylic acids is 2. The number of rotatable bonds is 3. The summed E-state index contributed by atoms with van der Waals surface area (Å²) in [7, 11) is 0. The number of nitrogens with one attached hydrogen (secondary N) is 1. The van der Waals surface area contributed by atoms with Crippen LogP contribution in [-0.2, 0) is 16.1 Å². The smallest absolute Gasteiger partial charge is 0.294 e. The van der Waals surface area contributed by atoms with Gasteiger partial charge >= 0.3 is 0 Å². The molecule has 3 aromatic rings. The summed E-state index contributed by atoms with van der Waals surface area (Å²) < 4.78 is 1.82. The van der Waals surface area contributed by atoms with E-state index in [-0.39, 0.29) is 42.3 Å². The molecule has 7 heteroatoms. The first-order valence-corrected chi connectivity index (χ1v) is 9.76. The molecule has 1 aromatic heterocycles. The van der Waals surface area contributed by atoms with Crippen molar-refractivity contribution in [3.8, 4) is 0 Å². The van der Waals surface area contributed by atoms with Gasteiger partial charge in [-0.25, -0.2) is 0 Å². The van der Waals surface area contributed by atoms with Crippen LogP contribution in [0.2, 0.25) is 5.02 Å². The molecule has 1 atom stereocenters. The summed E-state index contributed by atoms with van der Waals surface area (Å²) in [6.45, 7) is 4.06. The average molecular weight is 534 g/mol. The van der Waals surface area contributed by atoms with Crippen molar-refractivity contribution in [1.82, 2.24) is 0 Å². The number of carbonyl (C=O) groups is 2. The van der Waals surface area contributed by atoms with Crippen molar-refractivity contribution in [2.24, 2.45) is 0 Å². The Morgan fingerprint density at radius 3 is 2.47 bits per heavy atom. The molecule has 4 rings (SSSR count). The quantitative estimate of drug-likeness (QED) is 0.403. The molecule has 0 aliphatic carbocycles. The lowest BCUT2D eigenvalue weighted by atomic mass is 10.0. The number of amides is 2. The summed E-state index contributed by atoms with van der Waals surface area (Å²) in [5.41, 5.74) is 4.05. The maximum atomic E-state index is 13.5. The van der Waals surface area contributed by atoms with Crippen LogP contribution in [-0.4, -0.2) is 11.8 Å². The van der Waals surface area contributed by atoms with Crippen LogP contribution in [0.25, 0.3) is 0 Å². The monoisotopic (exact) mass is 533 g/mol. The van der Waals surface area contributed by atoms with Gasteiger partial charge in [0.2, 0.25) is 18.3 Å². The van der Waals surface area contributed by atoms with E-state index in [0.29, 0.717) is 10.7 Å². The van der Waals surface area contributed by atoms with E-state index in [1.165, 1.54) is 4.90 Å². The summed E-state index contributed by atoms with van der Waals surface area (Å²) in [5.74, 6) is -0.437. The Morgan fingerprint density at radius 2 is 1.77 bits per heavy atom. The number of para-hydroxylation sites is 1. The SMILES string of the molecule is Cc1cccc(C)c1NC(=O)C1c2cccc[n+]2CC(=O)N1c1cccc(Cl)c1.[I-]. The molecule has 2 heterocycles. The molecule has 154 valence electrons. The van der Waals surface area contributed by atoms with Crippen molar-refractivity contribution >= 4 is 34.8 Å². The number of nitrogens with zero attached hydrogens (tertiary/aromatic N) is 2. The second kappa shape index (κ2) is 9.14. The van der Waals surface area contributed by atoms with Gasteiger partial charge in [-0.15, -0.1) is 0 Å². The lowest BCUT2D eigenvalue weighted by Crippen LogP contribution is -3.00. The molecule has 1 aliphatic heterocycles. The van der Waals surface area contributed by atoms with Crippen molar-refractivity contribution in [3.63, 3.8) is 0 Å². The molecule has 0 saturated carbocycles.